The van der Waals surface area contributed by atoms with Gasteiger partial charge >= 0.3 is 5.97 Å². The monoisotopic (exact) mass is 399 g/mol. The van der Waals surface area contributed by atoms with Crippen LogP contribution in [-0.2, 0) is 21.4 Å². The van der Waals surface area contributed by atoms with Crippen molar-refractivity contribution < 1.29 is 22.3 Å². The van der Waals surface area contributed by atoms with Gasteiger partial charge in [-0.05, 0) is 35.9 Å². The van der Waals surface area contributed by atoms with Crippen molar-refractivity contribution in [3.63, 3.8) is 0 Å². The molecule has 0 atom stereocenters. The molecule has 0 radical (unpaired) electrons. The van der Waals surface area contributed by atoms with Gasteiger partial charge in [-0.3, -0.25) is 0 Å². The lowest BCUT2D eigenvalue weighted by molar-refractivity contribution is 0.0472. The Morgan fingerprint density at radius 1 is 1.12 bits per heavy atom. The largest absolute Gasteiger partial charge is 0.457 e. The Kier molecular flexibility index (Phi) is 6.75. The Morgan fingerprint density at radius 2 is 1.73 bits per heavy atom. The van der Waals surface area contributed by atoms with Crippen LogP contribution in [0.4, 0.5) is 4.39 Å². The first-order valence-electron chi connectivity index (χ1n) is 8.00. The van der Waals surface area contributed by atoms with Crippen molar-refractivity contribution in [1.29, 1.82) is 0 Å². The molecule has 0 saturated heterocycles. The molecule has 0 spiro atoms. The second kappa shape index (κ2) is 8.62. The van der Waals surface area contributed by atoms with Crippen LogP contribution in [0.15, 0.2) is 47.4 Å². The first kappa shape index (κ1) is 20.4. The van der Waals surface area contributed by atoms with Gasteiger partial charge in [0.2, 0.25) is 10.0 Å². The minimum absolute atomic E-state index is 0.0284. The van der Waals surface area contributed by atoms with Crippen LogP contribution in [0.25, 0.3) is 0 Å². The minimum atomic E-state index is -3.72. The zero-order valence-corrected chi connectivity index (χ0v) is 16.0. The second-order valence-corrected chi connectivity index (χ2v) is 7.78. The Morgan fingerprint density at radius 3 is 2.31 bits per heavy atom. The molecule has 0 bridgehead atoms. The molecule has 0 unspecified atom stereocenters. The van der Waals surface area contributed by atoms with Crippen molar-refractivity contribution >= 4 is 27.6 Å². The van der Waals surface area contributed by atoms with Gasteiger partial charge in [0, 0.05) is 13.1 Å². The number of nitrogens with zero attached hydrogens (tertiary/aromatic N) is 1. The molecule has 2 aromatic carbocycles. The molecule has 0 N–H and O–H groups in total. The number of ether oxygens (including phenoxy) is 1. The van der Waals surface area contributed by atoms with Gasteiger partial charge < -0.3 is 4.74 Å². The van der Waals surface area contributed by atoms with Crippen LogP contribution in [0.2, 0.25) is 5.02 Å². The fourth-order valence-electron chi connectivity index (χ4n) is 2.34. The van der Waals surface area contributed by atoms with Gasteiger partial charge in [-0.25, -0.2) is 17.6 Å². The highest BCUT2D eigenvalue weighted by Crippen LogP contribution is 2.24. The van der Waals surface area contributed by atoms with Gasteiger partial charge in [0.1, 0.15) is 12.4 Å². The highest BCUT2D eigenvalue weighted by atomic mass is 35.5. The molecule has 0 saturated carbocycles. The predicted molar refractivity (Wildman–Crippen MR) is 97.1 cm³/mol. The van der Waals surface area contributed by atoms with Crippen molar-refractivity contribution in [3.05, 3.63) is 64.4 Å². The zero-order valence-electron chi connectivity index (χ0n) is 14.4. The topological polar surface area (TPSA) is 63.7 Å². The molecule has 2 aromatic rings. The average molecular weight is 400 g/mol. The number of carbonyl (C=O) groups excluding carboxylic acids is 1. The molecule has 0 heterocycles. The number of hydrogen-bond donors (Lipinski definition) is 0. The van der Waals surface area contributed by atoms with E-state index in [9.17, 15) is 17.6 Å². The smallest absolute Gasteiger partial charge is 0.340 e. The summed E-state index contributed by atoms with van der Waals surface area (Å²) in [6.07, 6.45) is 0. The fourth-order valence-corrected chi connectivity index (χ4v) is 4.02. The van der Waals surface area contributed by atoms with Crippen molar-refractivity contribution in [2.24, 2.45) is 0 Å². The third kappa shape index (κ3) is 4.60. The molecule has 0 fully saturated rings. The van der Waals surface area contributed by atoms with Gasteiger partial charge in [-0.15, -0.1) is 0 Å². The Bertz CT molecular complexity index is 881. The predicted octanol–water partition coefficient (Wildman–Crippen LogP) is 3.87. The fraction of sp³-hybridized carbons (Fsp3) is 0.278. The second-order valence-electron chi connectivity index (χ2n) is 5.43. The van der Waals surface area contributed by atoms with Crippen LogP contribution in [0.5, 0.6) is 0 Å². The van der Waals surface area contributed by atoms with Crippen molar-refractivity contribution in [1.82, 2.24) is 4.31 Å². The summed E-state index contributed by atoms with van der Waals surface area (Å²) < 4.78 is 44.5. The van der Waals surface area contributed by atoms with Gasteiger partial charge in [0.05, 0.1) is 15.5 Å². The van der Waals surface area contributed by atoms with Gasteiger partial charge in [-0.1, -0.05) is 37.6 Å². The van der Waals surface area contributed by atoms with Crippen LogP contribution in [0, 0.1) is 5.82 Å². The van der Waals surface area contributed by atoms with Crippen LogP contribution >= 0.6 is 11.6 Å². The highest BCUT2D eigenvalue weighted by Gasteiger charge is 2.24. The maximum Gasteiger partial charge on any atom is 0.340 e. The van der Waals surface area contributed by atoms with Crippen molar-refractivity contribution in [2.75, 3.05) is 13.1 Å². The zero-order chi connectivity index (χ0) is 19.3. The molecular formula is C18H19ClFNO4S. The number of rotatable bonds is 7. The van der Waals surface area contributed by atoms with E-state index in [1.165, 1.54) is 46.8 Å². The number of sulfonamides is 1. The lowest BCUT2D eigenvalue weighted by Gasteiger charge is -2.19. The maximum atomic E-state index is 12.9. The van der Waals surface area contributed by atoms with E-state index >= 15 is 0 Å². The summed E-state index contributed by atoms with van der Waals surface area (Å²) in [4.78, 5) is 12.3. The van der Waals surface area contributed by atoms with E-state index < -0.39 is 21.8 Å². The lowest BCUT2D eigenvalue weighted by atomic mass is 10.2. The van der Waals surface area contributed by atoms with E-state index in [-0.39, 0.29) is 22.1 Å². The Hall–Kier alpha value is -1.96. The molecule has 0 aromatic heterocycles. The molecule has 0 amide bonds. The van der Waals surface area contributed by atoms with E-state index in [4.69, 9.17) is 16.3 Å². The molecule has 0 aliphatic heterocycles. The Labute approximate surface area is 157 Å². The molecule has 0 aliphatic rings. The summed E-state index contributed by atoms with van der Waals surface area (Å²) in [7, 11) is -3.72. The maximum absolute atomic E-state index is 12.9. The average Bonchev–Trinajstić information content (AvgIpc) is 2.62. The molecular weight excluding hydrogens is 381 g/mol. The number of esters is 1. The van der Waals surface area contributed by atoms with E-state index in [1.54, 1.807) is 13.8 Å². The number of halogens is 2. The van der Waals surface area contributed by atoms with Gasteiger partial charge in [-0.2, -0.15) is 4.31 Å². The van der Waals surface area contributed by atoms with Crippen LogP contribution in [0.1, 0.15) is 29.8 Å². The molecule has 5 nitrogen and oxygen atoms in total. The van der Waals surface area contributed by atoms with Crippen molar-refractivity contribution in [2.45, 2.75) is 25.3 Å². The highest BCUT2D eigenvalue weighted by molar-refractivity contribution is 7.89. The summed E-state index contributed by atoms with van der Waals surface area (Å²) in [5.41, 5.74) is 0.560. The first-order chi connectivity index (χ1) is 12.3. The van der Waals surface area contributed by atoms with E-state index in [0.29, 0.717) is 18.7 Å². The lowest BCUT2D eigenvalue weighted by Crippen LogP contribution is -2.30. The molecule has 140 valence electrons. The normalized spacial score (nSPS) is 11.6. The van der Waals surface area contributed by atoms with Crippen LogP contribution < -0.4 is 0 Å². The van der Waals surface area contributed by atoms with Gasteiger partial charge in [0.15, 0.2) is 0 Å². The first-order valence-corrected chi connectivity index (χ1v) is 9.82. The minimum Gasteiger partial charge on any atom is -0.457 e. The molecule has 0 aliphatic carbocycles. The summed E-state index contributed by atoms with van der Waals surface area (Å²) in [6, 6.07) is 9.42. The third-order valence-corrected chi connectivity index (χ3v) is 6.16. The Balaban J connectivity index is 2.23. The van der Waals surface area contributed by atoms with E-state index in [0.717, 1.165) is 0 Å². The SMILES string of the molecule is CCN(CC)S(=O)(=O)c1ccc(Cl)c(C(=O)OCc2ccc(F)cc2)c1. The summed E-state index contributed by atoms with van der Waals surface area (Å²) in [5.74, 6) is -1.15. The summed E-state index contributed by atoms with van der Waals surface area (Å²) >= 11 is 6.03. The third-order valence-electron chi connectivity index (χ3n) is 3.78. The van der Waals surface area contributed by atoms with Crippen LogP contribution in [0.3, 0.4) is 0 Å². The molecule has 2 rings (SSSR count). The van der Waals surface area contributed by atoms with E-state index in [2.05, 4.69) is 0 Å². The number of benzene rings is 2. The standard InChI is InChI=1S/C18H19ClFNO4S/c1-3-21(4-2)26(23,24)15-9-10-17(19)16(11-15)18(22)25-12-13-5-7-14(20)8-6-13/h5-11H,3-4,12H2,1-2H3. The quantitative estimate of drug-likeness (QED) is 0.663. The molecule has 8 heteroatoms. The van der Waals surface area contributed by atoms with Crippen LogP contribution in [-0.4, -0.2) is 31.8 Å². The van der Waals surface area contributed by atoms with Crippen molar-refractivity contribution in [3.8, 4) is 0 Å². The number of hydrogen-bond acceptors (Lipinski definition) is 4. The summed E-state index contributed by atoms with van der Waals surface area (Å²) in [6.45, 7) is 4.00. The van der Waals surface area contributed by atoms with Gasteiger partial charge in [0.25, 0.3) is 0 Å². The van der Waals surface area contributed by atoms with E-state index in [1.807, 2.05) is 0 Å². The summed E-state index contributed by atoms with van der Waals surface area (Å²) in [5, 5.41) is 0.0904. The number of carbonyl (C=O) groups is 1. The molecule has 26 heavy (non-hydrogen) atoms.